The van der Waals surface area contributed by atoms with Crippen molar-refractivity contribution in [3.05, 3.63) is 6.20 Å². The van der Waals surface area contributed by atoms with Crippen molar-refractivity contribution in [2.45, 2.75) is 12.5 Å². The summed E-state index contributed by atoms with van der Waals surface area (Å²) in [6, 6.07) is -0.0523. The van der Waals surface area contributed by atoms with Crippen molar-refractivity contribution >= 4 is 21.6 Å². The number of ether oxygens (including phenoxy) is 1. The Morgan fingerprint density at radius 1 is 1.55 bits per heavy atom. The first kappa shape index (κ1) is 14.9. The fraction of sp³-hybridized carbons (Fsp3) is 0.727. The lowest BCUT2D eigenvalue weighted by Gasteiger charge is -2.24. The molecular formula is C11H19N5O3S. The summed E-state index contributed by atoms with van der Waals surface area (Å²) in [6.07, 6.45) is 2.15. The quantitative estimate of drug-likeness (QED) is 0.706. The Morgan fingerprint density at radius 2 is 2.35 bits per heavy atom. The van der Waals surface area contributed by atoms with Gasteiger partial charge in [0, 0.05) is 26.7 Å². The van der Waals surface area contributed by atoms with E-state index in [-0.39, 0.29) is 17.5 Å². The van der Waals surface area contributed by atoms with Gasteiger partial charge in [-0.05, 0) is 6.42 Å². The Kier molecular flexibility index (Phi) is 4.71. The normalized spacial score (nSPS) is 20.8. The Morgan fingerprint density at radius 3 is 3.00 bits per heavy atom. The van der Waals surface area contributed by atoms with Gasteiger partial charge in [-0.2, -0.15) is 10.1 Å². The molecule has 0 aliphatic carbocycles. The summed E-state index contributed by atoms with van der Waals surface area (Å²) in [5, 5.41) is 10.8. The Balaban J connectivity index is 2.03. The summed E-state index contributed by atoms with van der Waals surface area (Å²) in [7, 11) is 0.531. The average molecular weight is 301 g/mol. The van der Waals surface area contributed by atoms with Gasteiger partial charge in [0.2, 0.25) is 5.95 Å². The minimum Gasteiger partial charge on any atom is -0.383 e. The van der Waals surface area contributed by atoms with E-state index >= 15 is 0 Å². The molecule has 2 heterocycles. The minimum absolute atomic E-state index is 0.0523. The third-order valence-corrected chi connectivity index (χ3v) is 5.00. The molecule has 1 fully saturated rings. The number of hydrogen-bond donors (Lipinski definition) is 1. The zero-order chi connectivity index (χ0) is 14.6. The van der Waals surface area contributed by atoms with E-state index < -0.39 is 9.84 Å². The lowest BCUT2D eigenvalue weighted by atomic mass is 10.2. The molecule has 1 aliphatic heterocycles. The molecule has 0 amide bonds. The van der Waals surface area contributed by atoms with Gasteiger partial charge in [-0.1, -0.05) is 0 Å². The van der Waals surface area contributed by atoms with Crippen molar-refractivity contribution in [1.29, 1.82) is 0 Å². The second-order valence-electron chi connectivity index (χ2n) is 4.73. The standard InChI is InChI=1S/C11H19N5O3S/c1-16(9-3-6-20(17,18)8-9)10-7-13-15-11(14-10)12-4-5-19-2/h7,9H,3-6,8H2,1-2H3,(H,12,14,15). The maximum Gasteiger partial charge on any atom is 0.244 e. The molecule has 1 unspecified atom stereocenters. The SMILES string of the molecule is COCCNc1nncc(N(C)C2CCS(=O)(=O)C2)n1. The molecule has 8 nitrogen and oxygen atoms in total. The molecule has 112 valence electrons. The van der Waals surface area contributed by atoms with Gasteiger partial charge in [0.25, 0.3) is 0 Å². The molecule has 2 rings (SSSR count). The number of methoxy groups -OCH3 is 1. The summed E-state index contributed by atoms with van der Waals surface area (Å²) in [5.41, 5.74) is 0. The lowest BCUT2D eigenvalue weighted by molar-refractivity contribution is 0.210. The van der Waals surface area contributed by atoms with Crippen LogP contribution in [0.3, 0.4) is 0 Å². The first-order valence-corrected chi connectivity index (χ1v) is 8.20. The van der Waals surface area contributed by atoms with E-state index in [4.69, 9.17) is 4.74 Å². The summed E-state index contributed by atoms with van der Waals surface area (Å²) < 4.78 is 28.0. The second-order valence-corrected chi connectivity index (χ2v) is 6.95. The summed E-state index contributed by atoms with van der Waals surface area (Å²) in [4.78, 5) is 6.18. The molecule has 20 heavy (non-hydrogen) atoms. The first-order chi connectivity index (χ1) is 9.52. The van der Waals surface area contributed by atoms with Crippen LogP contribution in [0, 0.1) is 0 Å². The van der Waals surface area contributed by atoms with Crippen LogP contribution in [0.1, 0.15) is 6.42 Å². The molecule has 1 N–H and O–H groups in total. The fourth-order valence-corrected chi connectivity index (χ4v) is 3.85. The van der Waals surface area contributed by atoms with Gasteiger partial charge >= 0.3 is 0 Å². The molecule has 1 atom stereocenters. The van der Waals surface area contributed by atoms with Crippen LogP contribution in [-0.4, -0.2) is 68.5 Å². The predicted molar refractivity (Wildman–Crippen MR) is 75.7 cm³/mol. The molecule has 1 aromatic rings. The van der Waals surface area contributed by atoms with Crippen LogP contribution >= 0.6 is 0 Å². The average Bonchev–Trinajstić information content (AvgIpc) is 2.79. The smallest absolute Gasteiger partial charge is 0.244 e. The molecule has 0 aromatic carbocycles. The Hall–Kier alpha value is -1.48. The maximum absolute atomic E-state index is 11.5. The molecular weight excluding hydrogens is 282 g/mol. The highest BCUT2D eigenvalue weighted by molar-refractivity contribution is 7.91. The molecule has 9 heteroatoms. The Labute approximate surface area is 118 Å². The molecule has 1 aliphatic rings. The van der Waals surface area contributed by atoms with Gasteiger partial charge in [0.15, 0.2) is 15.7 Å². The van der Waals surface area contributed by atoms with Gasteiger partial charge in [-0.15, -0.1) is 5.10 Å². The van der Waals surface area contributed by atoms with Crippen LogP contribution in [0.5, 0.6) is 0 Å². The van der Waals surface area contributed by atoms with Gasteiger partial charge < -0.3 is 15.0 Å². The van der Waals surface area contributed by atoms with Crippen molar-refractivity contribution in [1.82, 2.24) is 15.2 Å². The lowest BCUT2D eigenvalue weighted by Crippen LogP contribution is -2.33. The molecule has 0 bridgehead atoms. The summed E-state index contributed by atoms with van der Waals surface area (Å²) in [5.74, 6) is 1.42. The zero-order valence-electron chi connectivity index (χ0n) is 11.6. The van der Waals surface area contributed by atoms with Gasteiger partial charge in [-0.3, -0.25) is 0 Å². The van der Waals surface area contributed by atoms with Gasteiger partial charge in [0.1, 0.15) is 0 Å². The Bertz CT molecular complexity index is 551. The zero-order valence-corrected chi connectivity index (χ0v) is 12.4. The molecule has 0 radical (unpaired) electrons. The van der Waals surface area contributed by atoms with Crippen molar-refractivity contribution in [3.8, 4) is 0 Å². The van der Waals surface area contributed by atoms with E-state index in [1.165, 1.54) is 6.20 Å². The van der Waals surface area contributed by atoms with E-state index in [1.54, 1.807) is 7.11 Å². The van der Waals surface area contributed by atoms with Crippen LogP contribution in [0.15, 0.2) is 6.20 Å². The second kappa shape index (κ2) is 6.31. The van der Waals surface area contributed by atoms with Crippen LogP contribution in [0.25, 0.3) is 0 Å². The minimum atomic E-state index is -2.91. The van der Waals surface area contributed by atoms with E-state index in [1.807, 2.05) is 11.9 Å². The number of anilines is 2. The van der Waals surface area contributed by atoms with Gasteiger partial charge in [0.05, 0.1) is 24.3 Å². The van der Waals surface area contributed by atoms with Crippen molar-refractivity contribution in [3.63, 3.8) is 0 Å². The van der Waals surface area contributed by atoms with E-state index in [9.17, 15) is 8.42 Å². The number of nitrogens with zero attached hydrogens (tertiary/aromatic N) is 4. The highest BCUT2D eigenvalue weighted by Crippen LogP contribution is 2.21. The van der Waals surface area contributed by atoms with Crippen molar-refractivity contribution < 1.29 is 13.2 Å². The number of sulfone groups is 1. The third kappa shape index (κ3) is 3.76. The van der Waals surface area contributed by atoms with E-state index in [2.05, 4.69) is 20.5 Å². The van der Waals surface area contributed by atoms with E-state index in [0.29, 0.717) is 31.3 Å². The first-order valence-electron chi connectivity index (χ1n) is 6.37. The van der Waals surface area contributed by atoms with Crippen LogP contribution in [0.2, 0.25) is 0 Å². The highest BCUT2D eigenvalue weighted by atomic mass is 32.2. The van der Waals surface area contributed by atoms with Crippen molar-refractivity contribution in [2.24, 2.45) is 0 Å². The number of aromatic nitrogens is 3. The molecule has 1 saturated heterocycles. The summed E-state index contributed by atoms with van der Waals surface area (Å²) >= 11 is 0. The third-order valence-electron chi connectivity index (χ3n) is 3.25. The fourth-order valence-electron chi connectivity index (χ4n) is 2.07. The number of nitrogens with one attached hydrogen (secondary N) is 1. The predicted octanol–water partition coefficient (Wildman–Crippen LogP) is -0.447. The molecule has 0 saturated carbocycles. The van der Waals surface area contributed by atoms with Crippen LogP contribution < -0.4 is 10.2 Å². The van der Waals surface area contributed by atoms with Crippen LogP contribution in [0.4, 0.5) is 11.8 Å². The van der Waals surface area contributed by atoms with Crippen LogP contribution in [-0.2, 0) is 14.6 Å². The maximum atomic E-state index is 11.5. The number of hydrogen-bond acceptors (Lipinski definition) is 8. The number of rotatable bonds is 6. The molecule has 1 aromatic heterocycles. The highest BCUT2D eigenvalue weighted by Gasteiger charge is 2.31. The monoisotopic (exact) mass is 301 g/mol. The van der Waals surface area contributed by atoms with Crippen molar-refractivity contribution in [2.75, 3.05) is 49.0 Å². The summed E-state index contributed by atoms with van der Waals surface area (Å²) in [6.45, 7) is 1.13. The molecule has 0 spiro atoms. The van der Waals surface area contributed by atoms with E-state index in [0.717, 1.165) is 0 Å². The topological polar surface area (TPSA) is 97.3 Å². The largest absolute Gasteiger partial charge is 0.383 e. The van der Waals surface area contributed by atoms with Gasteiger partial charge in [-0.25, -0.2) is 8.42 Å².